The number of aryl methyl sites for hydroxylation is 1. The molecule has 0 aromatic carbocycles. The summed E-state index contributed by atoms with van der Waals surface area (Å²) in [7, 11) is 0. The Morgan fingerprint density at radius 2 is 2.00 bits per heavy atom. The number of anilines is 1. The van der Waals surface area contributed by atoms with Gasteiger partial charge in [0.2, 0.25) is 5.91 Å². The minimum Gasteiger partial charge on any atom is -0.324 e. The number of nitrogens with one attached hydrogen (secondary N) is 1. The van der Waals surface area contributed by atoms with E-state index < -0.39 is 0 Å². The van der Waals surface area contributed by atoms with Crippen LogP contribution in [-0.2, 0) is 11.2 Å². The molecule has 3 heterocycles. The molecule has 0 spiro atoms. The molecule has 3 aromatic rings. The van der Waals surface area contributed by atoms with Crippen molar-refractivity contribution in [2.45, 2.75) is 32.1 Å². The van der Waals surface area contributed by atoms with Gasteiger partial charge < -0.3 is 5.32 Å². The van der Waals surface area contributed by atoms with Crippen LogP contribution in [0.4, 0.5) is 5.69 Å². The van der Waals surface area contributed by atoms with Gasteiger partial charge in [-0.3, -0.25) is 9.78 Å². The van der Waals surface area contributed by atoms with E-state index in [4.69, 9.17) is 0 Å². The number of carbonyl (C=O) groups excluding carboxylic acids is 1. The molecule has 7 heteroatoms. The van der Waals surface area contributed by atoms with Crippen LogP contribution < -0.4 is 5.32 Å². The van der Waals surface area contributed by atoms with Crippen molar-refractivity contribution in [2.75, 3.05) is 5.32 Å². The average molecular weight is 370 g/mol. The molecule has 1 aliphatic carbocycles. The van der Waals surface area contributed by atoms with E-state index in [0.29, 0.717) is 18.0 Å². The Kier molecular flexibility index (Phi) is 5.32. The highest BCUT2D eigenvalue weighted by Gasteiger charge is 2.28. The number of hydrogen-bond donors (Lipinski definition) is 1. The Morgan fingerprint density at radius 3 is 2.65 bits per heavy atom. The largest absolute Gasteiger partial charge is 0.324 e. The highest BCUT2D eigenvalue weighted by atomic mass is 35.5. The maximum atomic E-state index is 12.1. The molecular formula is C19H20ClN5O. The minimum atomic E-state index is -0.0747. The second kappa shape index (κ2) is 7.66. The number of pyridine rings is 2. The number of amides is 1. The summed E-state index contributed by atoms with van der Waals surface area (Å²) < 4.78 is 1.91. The van der Waals surface area contributed by atoms with Gasteiger partial charge in [-0.1, -0.05) is 0 Å². The van der Waals surface area contributed by atoms with Gasteiger partial charge in [-0.05, 0) is 55.7 Å². The molecule has 3 aromatic heterocycles. The zero-order valence-electron chi connectivity index (χ0n) is 14.4. The van der Waals surface area contributed by atoms with E-state index in [2.05, 4.69) is 26.4 Å². The van der Waals surface area contributed by atoms with Crippen molar-refractivity contribution in [1.29, 1.82) is 0 Å². The Hall–Kier alpha value is -2.73. The van der Waals surface area contributed by atoms with E-state index >= 15 is 0 Å². The highest BCUT2D eigenvalue weighted by Crippen LogP contribution is 2.40. The Labute approximate surface area is 158 Å². The van der Waals surface area contributed by atoms with E-state index in [1.165, 1.54) is 18.5 Å². The van der Waals surface area contributed by atoms with Gasteiger partial charge in [0.05, 0.1) is 24.0 Å². The molecule has 0 unspecified atom stereocenters. The van der Waals surface area contributed by atoms with E-state index in [1.807, 2.05) is 35.9 Å². The standard InChI is InChI=1S/C19H19N5O.ClH/c1-13-10-17(15-2-3-15)24(23-13)18-5-4-16(12-21-18)22-19(25)11-14-6-8-20-9-7-14;/h4-10,12,15H,2-3,11H2,1H3,(H,22,25);1H. The lowest BCUT2D eigenvalue weighted by molar-refractivity contribution is -0.115. The van der Waals surface area contributed by atoms with Gasteiger partial charge in [0.1, 0.15) is 0 Å². The van der Waals surface area contributed by atoms with Crippen molar-refractivity contribution < 1.29 is 4.79 Å². The van der Waals surface area contributed by atoms with Crippen molar-refractivity contribution >= 4 is 24.0 Å². The maximum Gasteiger partial charge on any atom is 0.228 e. The lowest BCUT2D eigenvalue weighted by Gasteiger charge is -2.08. The lowest BCUT2D eigenvalue weighted by Crippen LogP contribution is -2.14. The van der Waals surface area contributed by atoms with Gasteiger partial charge in [0.25, 0.3) is 0 Å². The van der Waals surface area contributed by atoms with Crippen LogP contribution in [0.15, 0.2) is 48.9 Å². The summed E-state index contributed by atoms with van der Waals surface area (Å²) in [5.41, 5.74) is 3.83. The second-order valence-corrected chi connectivity index (χ2v) is 6.38. The molecule has 1 fully saturated rings. The Morgan fingerprint density at radius 1 is 1.23 bits per heavy atom. The number of carbonyl (C=O) groups is 1. The first-order valence-corrected chi connectivity index (χ1v) is 8.41. The minimum absolute atomic E-state index is 0. The molecule has 0 bridgehead atoms. The molecule has 1 aliphatic rings. The quantitative estimate of drug-likeness (QED) is 0.747. The summed E-state index contributed by atoms with van der Waals surface area (Å²) >= 11 is 0. The molecule has 0 saturated heterocycles. The van der Waals surface area contributed by atoms with Crippen molar-refractivity contribution in [1.82, 2.24) is 19.7 Å². The first-order chi connectivity index (χ1) is 12.2. The molecule has 4 rings (SSSR count). The molecular weight excluding hydrogens is 350 g/mol. The van der Waals surface area contributed by atoms with Crippen LogP contribution in [0.1, 0.15) is 35.7 Å². The molecule has 0 aliphatic heterocycles. The third-order valence-corrected chi connectivity index (χ3v) is 4.22. The van der Waals surface area contributed by atoms with Crippen molar-refractivity contribution in [3.8, 4) is 5.82 Å². The van der Waals surface area contributed by atoms with Crippen LogP contribution in [0.2, 0.25) is 0 Å². The van der Waals surface area contributed by atoms with E-state index in [9.17, 15) is 4.79 Å². The molecule has 6 nitrogen and oxygen atoms in total. The summed E-state index contributed by atoms with van der Waals surface area (Å²) in [6.45, 7) is 2.00. The fourth-order valence-corrected chi connectivity index (χ4v) is 2.85. The summed E-state index contributed by atoms with van der Waals surface area (Å²) in [4.78, 5) is 20.5. The fraction of sp³-hybridized carbons (Fsp3) is 0.263. The average Bonchev–Trinajstić information content (AvgIpc) is 3.38. The van der Waals surface area contributed by atoms with E-state index in [-0.39, 0.29) is 18.3 Å². The third-order valence-electron chi connectivity index (χ3n) is 4.22. The number of aromatic nitrogens is 4. The van der Waals surface area contributed by atoms with Gasteiger partial charge in [-0.25, -0.2) is 9.67 Å². The summed E-state index contributed by atoms with van der Waals surface area (Å²) in [5, 5.41) is 7.42. The van der Waals surface area contributed by atoms with Crippen LogP contribution >= 0.6 is 12.4 Å². The van der Waals surface area contributed by atoms with Crippen LogP contribution in [0.25, 0.3) is 5.82 Å². The van der Waals surface area contributed by atoms with Crippen molar-refractivity contribution in [3.63, 3.8) is 0 Å². The van der Waals surface area contributed by atoms with E-state index in [0.717, 1.165) is 17.1 Å². The zero-order valence-corrected chi connectivity index (χ0v) is 15.2. The zero-order chi connectivity index (χ0) is 17.2. The lowest BCUT2D eigenvalue weighted by atomic mass is 10.2. The van der Waals surface area contributed by atoms with Gasteiger partial charge >= 0.3 is 0 Å². The van der Waals surface area contributed by atoms with Crippen LogP contribution in [0.5, 0.6) is 0 Å². The molecule has 0 radical (unpaired) electrons. The number of nitrogens with zero attached hydrogens (tertiary/aromatic N) is 4. The van der Waals surface area contributed by atoms with Gasteiger partial charge in [-0.2, -0.15) is 5.10 Å². The smallest absolute Gasteiger partial charge is 0.228 e. The Balaban J connectivity index is 0.00000196. The second-order valence-electron chi connectivity index (χ2n) is 6.38. The first kappa shape index (κ1) is 18.1. The fourth-order valence-electron chi connectivity index (χ4n) is 2.85. The predicted octanol–water partition coefficient (Wildman–Crippen LogP) is 3.45. The van der Waals surface area contributed by atoms with Gasteiger partial charge in [-0.15, -0.1) is 12.4 Å². The maximum absolute atomic E-state index is 12.1. The number of hydrogen-bond acceptors (Lipinski definition) is 4. The molecule has 1 amide bonds. The SMILES string of the molecule is Cc1cc(C2CC2)n(-c2ccc(NC(=O)Cc3ccncc3)cn2)n1.Cl. The van der Waals surface area contributed by atoms with Crippen molar-refractivity contribution in [2.24, 2.45) is 0 Å². The molecule has 1 N–H and O–H groups in total. The van der Waals surface area contributed by atoms with E-state index in [1.54, 1.807) is 18.6 Å². The van der Waals surface area contributed by atoms with Crippen LogP contribution in [0.3, 0.4) is 0 Å². The summed E-state index contributed by atoms with van der Waals surface area (Å²) in [6.07, 6.45) is 7.79. The third kappa shape index (κ3) is 4.08. The number of halogens is 1. The number of rotatable bonds is 5. The van der Waals surface area contributed by atoms with Crippen molar-refractivity contribution in [3.05, 3.63) is 65.9 Å². The normalized spacial score (nSPS) is 13.1. The predicted molar refractivity (Wildman–Crippen MR) is 102 cm³/mol. The molecule has 134 valence electrons. The summed E-state index contributed by atoms with van der Waals surface area (Å²) in [5.74, 6) is 1.30. The molecule has 0 atom stereocenters. The molecule has 1 saturated carbocycles. The molecule has 26 heavy (non-hydrogen) atoms. The van der Waals surface area contributed by atoms with Gasteiger partial charge in [0.15, 0.2) is 5.82 Å². The monoisotopic (exact) mass is 369 g/mol. The topological polar surface area (TPSA) is 72.7 Å². The first-order valence-electron chi connectivity index (χ1n) is 8.41. The summed E-state index contributed by atoms with van der Waals surface area (Å²) in [6, 6.07) is 9.55. The van der Waals surface area contributed by atoms with Gasteiger partial charge in [0, 0.05) is 24.0 Å². The van der Waals surface area contributed by atoms with Crippen LogP contribution in [-0.4, -0.2) is 25.7 Å². The highest BCUT2D eigenvalue weighted by molar-refractivity contribution is 5.92. The Bertz CT molecular complexity index is 888. The van der Waals surface area contributed by atoms with Crippen LogP contribution in [0, 0.1) is 6.92 Å².